The summed E-state index contributed by atoms with van der Waals surface area (Å²) < 4.78 is 35.1. The van der Waals surface area contributed by atoms with Crippen LogP contribution in [0.15, 0.2) is 85.1 Å². The van der Waals surface area contributed by atoms with Crippen LogP contribution in [-0.2, 0) is 27.9 Å². The summed E-state index contributed by atoms with van der Waals surface area (Å²) >= 11 is 0. The lowest BCUT2D eigenvalue weighted by Crippen LogP contribution is -2.37. The molecule has 0 radical (unpaired) electrons. The molecule has 2 unspecified atom stereocenters. The molecule has 2 atom stereocenters. The predicted molar refractivity (Wildman–Crippen MR) is 261 cm³/mol. The molecule has 352 valence electrons. The van der Waals surface area contributed by atoms with Crippen molar-refractivity contribution >= 4 is 13.8 Å². The van der Waals surface area contributed by atoms with Crippen molar-refractivity contribution in [2.75, 3.05) is 54.1 Å². The van der Waals surface area contributed by atoms with Gasteiger partial charge in [0.15, 0.2) is 0 Å². The number of rotatable bonds is 44. The van der Waals surface area contributed by atoms with Crippen LogP contribution in [0.5, 0.6) is 0 Å². The van der Waals surface area contributed by atoms with E-state index in [2.05, 4.69) is 98.9 Å². The van der Waals surface area contributed by atoms with Crippen LogP contribution < -0.4 is 0 Å². The Kier molecular flexibility index (Phi) is 42.6. The number of carbonyl (C=O) groups excluding carboxylic acids is 1. The Bertz CT molecular complexity index is 1250. The predicted octanol–water partition coefficient (Wildman–Crippen LogP) is 14.8. The third-order valence-corrected chi connectivity index (χ3v) is 10.9. The molecule has 0 spiro atoms. The van der Waals surface area contributed by atoms with E-state index in [9.17, 15) is 14.3 Å². The zero-order chi connectivity index (χ0) is 44.8. The fourth-order valence-corrected chi connectivity index (χ4v) is 6.95. The topological polar surface area (TPSA) is 91.3 Å². The zero-order valence-electron chi connectivity index (χ0n) is 39.9. The van der Waals surface area contributed by atoms with Gasteiger partial charge >= 0.3 is 13.8 Å². The number of phosphoric acid groups is 1. The lowest BCUT2D eigenvalue weighted by atomic mass is 10.1. The van der Waals surface area contributed by atoms with Crippen LogP contribution in [0.2, 0.25) is 0 Å². The number of likely N-dealkylation sites (N-methyl/N-ethyl adjacent to an activating group) is 1. The minimum atomic E-state index is -4.29. The first-order valence-corrected chi connectivity index (χ1v) is 25.8. The molecule has 0 amide bonds. The van der Waals surface area contributed by atoms with Crippen molar-refractivity contribution in [2.45, 2.75) is 187 Å². The summed E-state index contributed by atoms with van der Waals surface area (Å²) in [5, 5.41) is 0. The van der Waals surface area contributed by atoms with E-state index in [0.717, 1.165) is 89.9 Å². The summed E-state index contributed by atoms with van der Waals surface area (Å²) in [5.41, 5.74) is 0. The van der Waals surface area contributed by atoms with Crippen LogP contribution in [-0.4, -0.2) is 75.6 Å². The maximum Gasteiger partial charge on any atom is 0.472 e. The Morgan fingerprint density at radius 3 is 1.43 bits per heavy atom. The van der Waals surface area contributed by atoms with Gasteiger partial charge in [-0.1, -0.05) is 176 Å². The minimum Gasteiger partial charge on any atom is -0.457 e. The van der Waals surface area contributed by atoms with Gasteiger partial charge in [-0.05, 0) is 83.5 Å². The van der Waals surface area contributed by atoms with Crippen LogP contribution in [0.1, 0.15) is 181 Å². The lowest BCUT2D eigenvalue weighted by Gasteiger charge is -2.24. The Labute approximate surface area is 375 Å². The molecule has 0 aliphatic carbocycles. The van der Waals surface area contributed by atoms with Gasteiger partial charge in [-0.3, -0.25) is 13.8 Å². The van der Waals surface area contributed by atoms with Crippen LogP contribution >= 0.6 is 7.82 Å². The van der Waals surface area contributed by atoms with Crippen molar-refractivity contribution in [1.82, 2.24) is 0 Å². The van der Waals surface area contributed by atoms with E-state index in [1.165, 1.54) is 70.6 Å². The molecule has 61 heavy (non-hydrogen) atoms. The van der Waals surface area contributed by atoms with E-state index >= 15 is 0 Å². The lowest BCUT2D eigenvalue weighted by molar-refractivity contribution is -0.870. The molecule has 0 heterocycles. The first-order valence-electron chi connectivity index (χ1n) is 24.3. The highest BCUT2D eigenvalue weighted by Gasteiger charge is 2.26. The second kappa shape index (κ2) is 44.3. The fourth-order valence-electron chi connectivity index (χ4n) is 6.20. The first kappa shape index (κ1) is 58.7. The minimum absolute atomic E-state index is 0.0808. The van der Waals surface area contributed by atoms with Gasteiger partial charge in [0.2, 0.25) is 0 Å². The smallest absolute Gasteiger partial charge is 0.457 e. The molecule has 0 bridgehead atoms. The number of allylic oxidation sites excluding steroid dienone is 14. The molecule has 8 nitrogen and oxygen atoms in total. The van der Waals surface area contributed by atoms with E-state index in [-0.39, 0.29) is 25.8 Å². The quantitative estimate of drug-likeness (QED) is 0.0214. The average Bonchev–Trinajstić information content (AvgIpc) is 3.22. The summed E-state index contributed by atoms with van der Waals surface area (Å²) in [6.07, 6.45) is 59.1. The summed E-state index contributed by atoms with van der Waals surface area (Å²) in [6, 6.07) is 0. The van der Waals surface area contributed by atoms with Crippen LogP contribution in [0, 0.1) is 0 Å². The summed E-state index contributed by atoms with van der Waals surface area (Å²) in [6.45, 7) is 5.40. The summed E-state index contributed by atoms with van der Waals surface area (Å²) in [7, 11) is 1.64. The fraction of sp³-hybridized carbons (Fsp3) is 0.712. The van der Waals surface area contributed by atoms with Crippen molar-refractivity contribution in [3.63, 3.8) is 0 Å². The second-order valence-corrected chi connectivity index (χ2v) is 18.6. The standard InChI is InChI=1S/C52H92NO7P/c1-6-8-10-12-14-16-18-20-22-23-24-25-26-27-28-29-30-31-32-33-35-37-39-41-43-45-52(54)60-51(50-59-61(55,56)58-48-46-53(3,4)5)49-57-47-44-42-40-38-36-34-21-19-17-15-13-11-9-7-2/h8,10-11,13-14,16-17,19-20,22,24-25,27-28,51H,6-7,9,12,15,18,21,23,26,29-50H2,1-5H3/p+1/b10-8-,13-11-,16-14-,19-17-,22-20-,25-24-,28-27-. The SMILES string of the molecule is CC/C=C\C/C=C\C/C=C\C/C=C\C/C=C\CCCCCCCCCCCC(=O)OC(COCCCCCCCC/C=C\C/C=C\CCC)COP(=O)(O)OCC[N+](C)(C)C. The van der Waals surface area contributed by atoms with E-state index in [0.29, 0.717) is 24.1 Å². The number of nitrogens with zero attached hydrogens (tertiary/aromatic N) is 1. The van der Waals surface area contributed by atoms with Gasteiger partial charge in [-0.15, -0.1) is 0 Å². The number of hydrogen-bond donors (Lipinski definition) is 1. The Morgan fingerprint density at radius 1 is 0.525 bits per heavy atom. The largest absolute Gasteiger partial charge is 0.472 e. The van der Waals surface area contributed by atoms with Gasteiger partial charge in [0.1, 0.15) is 19.3 Å². The highest BCUT2D eigenvalue weighted by molar-refractivity contribution is 7.47. The van der Waals surface area contributed by atoms with Gasteiger partial charge in [-0.25, -0.2) is 4.57 Å². The molecule has 0 aromatic heterocycles. The maximum absolute atomic E-state index is 12.7. The molecule has 0 saturated heterocycles. The molecule has 0 fully saturated rings. The Hall–Kier alpha value is -2.32. The maximum atomic E-state index is 12.7. The number of phosphoric ester groups is 1. The van der Waals surface area contributed by atoms with Crippen molar-refractivity contribution in [1.29, 1.82) is 0 Å². The number of ether oxygens (including phenoxy) is 2. The Morgan fingerprint density at radius 2 is 0.951 bits per heavy atom. The third kappa shape index (κ3) is 48.6. The van der Waals surface area contributed by atoms with Gasteiger partial charge in [0, 0.05) is 13.0 Å². The molecular weight excluding hydrogens is 782 g/mol. The normalized spacial score (nSPS) is 14.4. The molecular formula is C52H93NO7P+. The number of esters is 1. The van der Waals surface area contributed by atoms with Gasteiger partial charge < -0.3 is 18.9 Å². The van der Waals surface area contributed by atoms with Crippen molar-refractivity contribution in [3.8, 4) is 0 Å². The molecule has 0 aliphatic heterocycles. The second-order valence-electron chi connectivity index (χ2n) is 17.1. The first-order chi connectivity index (χ1) is 29.6. The van der Waals surface area contributed by atoms with Gasteiger partial charge in [0.25, 0.3) is 0 Å². The molecule has 1 N–H and O–H groups in total. The Balaban J connectivity index is 4.17. The molecule has 0 aromatic rings. The highest BCUT2D eigenvalue weighted by atomic mass is 31.2. The number of unbranched alkanes of at least 4 members (excludes halogenated alkanes) is 16. The number of quaternary nitrogens is 1. The molecule has 0 aliphatic rings. The van der Waals surface area contributed by atoms with Gasteiger partial charge in [-0.2, -0.15) is 0 Å². The summed E-state index contributed by atoms with van der Waals surface area (Å²) in [5.74, 6) is -0.328. The molecule has 0 saturated carbocycles. The molecule has 0 aromatic carbocycles. The van der Waals surface area contributed by atoms with Crippen molar-refractivity contribution in [3.05, 3.63) is 85.1 Å². The van der Waals surface area contributed by atoms with E-state index in [4.69, 9.17) is 18.5 Å². The third-order valence-electron chi connectivity index (χ3n) is 9.92. The van der Waals surface area contributed by atoms with E-state index < -0.39 is 13.9 Å². The van der Waals surface area contributed by atoms with Crippen LogP contribution in [0.3, 0.4) is 0 Å². The van der Waals surface area contributed by atoms with Crippen LogP contribution in [0.4, 0.5) is 0 Å². The number of hydrogen-bond acceptors (Lipinski definition) is 6. The van der Waals surface area contributed by atoms with E-state index in [1.54, 1.807) is 0 Å². The number of carbonyl (C=O) groups is 1. The molecule has 0 rings (SSSR count). The monoisotopic (exact) mass is 875 g/mol. The average molecular weight is 875 g/mol. The van der Waals surface area contributed by atoms with Gasteiger partial charge in [0.05, 0.1) is 34.4 Å². The van der Waals surface area contributed by atoms with Crippen molar-refractivity contribution < 1.29 is 37.3 Å². The summed E-state index contributed by atoms with van der Waals surface area (Å²) in [4.78, 5) is 23.0. The zero-order valence-corrected chi connectivity index (χ0v) is 40.8. The van der Waals surface area contributed by atoms with Crippen molar-refractivity contribution in [2.24, 2.45) is 0 Å². The highest BCUT2D eigenvalue weighted by Crippen LogP contribution is 2.43. The van der Waals surface area contributed by atoms with E-state index in [1.807, 2.05) is 21.1 Å². The van der Waals surface area contributed by atoms with Crippen LogP contribution in [0.25, 0.3) is 0 Å². The molecule has 9 heteroatoms.